The van der Waals surface area contributed by atoms with E-state index in [1.807, 2.05) is 18.2 Å². The maximum absolute atomic E-state index is 12.6. The van der Waals surface area contributed by atoms with Gasteiger partial charge < -0.3 is 9.73 Å². The summed E-state index contributed by atoms with van der Waals surface area (Å²) in [6, 6.07) is 7.35. The number of hydrogen-bond acceptors (Lipinski definition) is 4. The summed E-state index contributed by atoms with van der Waals surface area (Å²) in [5, 5.41) is 10.4. The monoisotopic (exact) mass is 312 g/mol. The van der Waals surface area contributed by atoms with Gasteiger partial charge in [-0.2, -0.15) is 5.10 Å². The first-order valence-electron chi connectivity index (χ1n) is 7.63. The Morgan fingerprint density at radius 1 is 1.35 bits per heavy atom. The van der Waals surface area contributed by atoms with Crippen molar-refractivity contribution in [1.29, 1.82) is 0 Å². The number of benzene rings is 1. The zero-order chi connectivity index (χ0) is 15.8. The number of aromatic amines is 1. The van der Waals surface area contributed by atoms with Crippen molar-refractivity contribution in [2.75, 3.05) is 0 Å². The minimum Gasteiger partial charge on any atom is -0.464 e. The second-order valence-corrected chi connectivity index (χ2v) is 5.74. The molecule has 23 heavy (non-hydrogen) atoms. The molecule has 1 aromatic carbocycles. The number of carbonyl (C=O) groups excluding carboxylic acids is 1. The van der Waals surface area contributed by atoms with Crippen molar-refractivity contribution in [3.8, 4) is 0 Å². The Morgan fingerprint density at radius 2 is 2.26 bits per heavy atom. The van der Waals surface area contributed by atoms with Crippen molar-refractivity contribution in [2.24, 2.45) is 0 Å². The lowest BCUT2D eigenvalue weighted by atomic mass is 10.1. The number of nitrogens with zero attached hydrogens (tertiary/aromatic N) is 2. The lowest BCUT2D eigenvalue weighted by Gasteiger charge is -2.16. The number of nitrogens with one attached hydrogen (secondary N) is 2. The minimum absolute atomic E-state index is 0.00817. The first kappa shape index (κ1) is 13.8. The fourth-order valence-corrected chi connectivity index (χ4v) is 3.08. The Bertz CT molecular complexity index is 921. The number of aryl methyl sites for hydroxylation is 1. The van der Waals surface area contributed by atoms with Gasteiger partial charge in [-0.3, -0.25) is 9.36 Å². The molecule has 1 amide bonds. The number of amides is 1. The van der Waals surface area contributed by atoms with Gasteiger partial charge in [0.2, 0.25) is 0 Å². The van der Waals surface area contributed by atoms with E-state index in [0.29, 0.717) is 30.5 Å². The number of H-pyrrole nitrogens is 1. The number of carbonyl (C=O) groups is 1. The summed E-state index contributed by atoms with van der Waals surface area (Å²) < 4.78 is 7.06. The van der Waals surface area contributed by atoms with Crippen LogP contribution in [0.25, 0.3) is 11.0 Å². The Hall–Kier alpha value is -2.83. The van der Waals surface area contributed by atoms with Crippen LogP contribution >= 0.6 is 0 Å². The number of hydrogen-bond donors (Lipinski definition) is 2. The van der Waals surface area contributed by atoms with Crippen LogP contribution < -0.4 is 11.0 Å². The predicted octanol–water partition coefficient (Wildman–Crippen LogP) is 1.45. The molecule has 1 atom stereocenters. The average molecular weight is 312 g/mol. The lowest BCUT2D eigenvalue weighted by molar-refractivity contribution is 0.0933. The van der Waals surface area contributed by atoms with E-state index in [1.54, 1.807) is 16.9 Å². The molecule has 1 aliphatic rings. The number of fused-ring (bicyclic) bond motifs is 2. The fourth-order valence-electron chi connectivity index (χ4n) is 3.08. The van der Waals surface area contributed by atoms with Crippen LogP contribution in [-0.4, -0.2) is 26.7 Å². The molecular formula is C16H16N4O3. The van der Waals surface area contributed by atoms with Gasteiger partial charge in [0.1, 0.15) is 11.4 Å². The molecule has 2 N–H and O–H groups in total. The molecule has 0 radical (unpaired) electrons. The molecule has 7 heteroatoms. The fraction of sp³-hybridized carbons (Fsp3) is 0.312. The van der Waals surface area contributed by atoms with Crippen LogP contribution in [0, 0.1) is 0 Å². The van der Waals surface area contributed by atoms with Gasteiger partial charge in [0.25, 0.3) is 5.91 Å². The third-order valence-electron chi connectivity index (χ3n) is 4.31. The van der Waals surface area contributed by atoms with Crippen LogP contribution in [-0.2, 0) is 13.0 Å². The third kappa shape index (κ3) is 2.44. The quantitative estimate of drug-likeness (QED) is 0.749. The molecule has 0 saturated carbocycles. The summed E-state index contributed by atoms with van der Waals surface area (Å²) in [5.74, 6) is 0.601. The van der Waals surface area contributed by atoms with Crippen molar-refractivity contribution < 1.29 is 9.21 Å². The van der Waals surface area contributed by atoms with E-state index in [1.165, 1.54) is 0 Å². The van der Waals surface area contributed by atoms with Gasteiger partial charge in [-0.1, -0.05) is 12.1 Å². The summed E-state index contributed by atoms with van der Waals surface area (Å²) in [6.07, 6.45) is 3.70. The highest BCUT2D eigenvalue weighted by Gasteiger charge is 2.21. The molecule has 0 spiro atoms. The smallest absolute Gasteiger partial charge is 0.343 e. The molecule has 2 aromatic heterocycles. The van der Waals surface area contributed by atoms with Gasteiger partial charge in [0, 0.05) is 24.4 Å². The zero-order valence-electron chi connectivity index (χ0n) is 12.4. The van der Waals surface area contributed by atoms with E-state index in [-0.39, 0.29) is 17.6 Å². The van der Waals surface area contributed by atoms with E-state index < -0.39 is 0 Å². The topological polar surface area (TPSA) is 92.9 Å². The van der Waals surface area contributed by atoms with Gasteiger partial charge in [0.15, 0.2) is 0 Å². The second-order valence-electron chi connectivity index (χ2n) is 5.74. The van der Waals surface area contributed by atoms with Gasteiger partial charge in [-0.05, 0) is 25.0 Å². The zero-order valence-corrected chi connectivity index (χ0v) is 12.4. The molecule has 0 bridgehead atoms. The first-order valence-corrected chi connectivity index (χ1v) is 7.63. The maximum Gasteiger partial charge on any atom is 0.343 e. The van der Waals surface area contributed by atoms with Crippen LogP contribution in [0.2, 0.25) is 0 Å². The number of rotatable bonds is 2. The summed E-state index contributed by atoms with van der Waals surface area (Å²) in [6.45, 7) is 0.556. The molecular weight excluding hydrogens is 296 g/mol. The summed E-state index contributed by atoms with van der Waals surface area (Å²) in [5.41, 5.74) is 0.947. The Labute approximate surface area is 131 Å². The highest BCUT2D eigenvalue weighted by atomic mass is 16.3. The van der Waals surface area contributed by atoms with E-state index in [4.69, 9.17) is 4.42 Å². The standard InChI is InChI=1S/C16H16N4O3/c21-15(12-3-1-2-10-7-9-23-14(10)12)17-11-4-5-13-18-19-16(22)20(13)8-6-11/h1-3,7,9,11H,4-6,8H2,(H,17,21)(H,19,22). The Morgan fingerprint density at radius 3 is 3.17 bits per heavy atom. The molecule has 118 valence electrons. The molecule has 0 saturated heterocycles. The van der Waals surface area contributed by atoms with Crippen LogP contribution in [0.5, 0.6) is 0 Å². The van der Waals surface area contributed by atoms with E-state index in [2.05, 4.69) is 15.5 Å². The van der Waals surface area contributed by atoms with Crippen molar-refractivity contribution in [3.05, 3.63) is 52.4 Å². The van der Waals surface area contributed by atoms with Crippen molar-refractivity contribution in [2.45, 2.75) is 31.8 Å². The highest BCUT2D eigenvalue weighted by molar-refractivity contribution is 6.04. The van der Waals surface area contributed by atoms with Crippen LogP contribution in [0.3, 0.4) is 0 Å². The Kier molecular flexibility index (Phi) is 3.25. The largest absolute Gasteiger partial charge is 0.464 e. The number of furan rings is 1. The summed E-state index contributed by atoms with van der Waals surface area (Å²) >= 11 is 0. The molecule has 1 aliphatic heterocycles. The summed E-state index contributed by atoms with van der Waals surface area (Å²) in [7, 11) is 0. The van der Waals surface area contributed by atoms with Gasteiger partial charge >= 0.3 is 5.69 Å². The van der Waals surface area contributed by atoms with Crippen LogP contribution in [0.4, 0.5) is 0 Å². The van der Waals surface area contributed by atoms with Gasteiger partial charge in [0.05, 0.1) is 11.8 Å². The van der Waals surface area contributed by atoms with Crippen LogP contribution in [0.1, 0.15) is 29.0 Å². The van der Waals surface area contributed by atoms with E-state index in [0.717, 1.165) is 17.6 Å². The minimum atomic E-state index is -0.188. The average Bonchev–Trinajstić information content (AvgIpc) is 3.11. The molecule has 0 aliphatic carbocycles. The van der Waals surface area contributed by atoms with Crippen molar-refractivity contribution >= 4 is 16.9 Å². The molecule has 0 fully saturated rings. The summed E-state index contributed by atoms with van der Waals surface area (Å²) in [4.78, 5) is 24.2. The molecule has 4 rings (SSSR count). The van der Waals surface area contributed by atoms with Gasteiger partial charge in [-0.15, -0.1) is 0 Å². The number of aromatic nitrogens is 3. The molecule has 3 aromatic rings. The maximum atomic E-state index is 12.6. The lowest BCUT2D eigenvalue weighted by Crippen LogP contribution is -2.35. The predicted molar refractivity (Wildman–Crippen MR) is 83.3 cm³/mol. The highest BCUT2D eigenvalue weighted by Crippen LogP contribution is 2.20. The molecule has 3 heterocycles. The first-order chi connectivity index (χ1) is 11.2. The normalized spacial score (nSPS) is 17.7. The molecule has 1 unspecified atom stereocenters. The van der Waals surface area contributed by atoms with Crippen molar-refractivity contribution in [3.63, 3.8) is 0 Å². The molecule has 7 nitrogen and oxygen atoms in total. The SMILES string of the molecule is O=C(NC1CCc2n[nH]c(=O)n2CC1)c1cccc2ccoc12. The van der Waals surface area contributed by atoms with Crippen LogP contribution in [0.15, 0.2) is 39.7 Å². The van der Waals surface area contributed by atoms with E-state index in [9.17, 15) is 9.59 Å². The number of para-hydroxylation sites is 1. The van der Waals surface area contributed by atoms with Gasteiger partial charge in [-0.25, -0.2) is 9.89 Å². The third-order valence-corrected chi connectivity index (χ3v) is 4.31. The second kappa shape index (κ2) is 5.42. The van der Waals surface area contributed by atoms with Crippen molar-refractivity contribution in [1.82, 2.24) is 20.1 Å². The Balaban J connectivity index is 1.51. The van der Waals surface area contributed by atoms with E-state index >= 15 is 0 Å².